The average Bonchev–Trinajstić information content (AvgIpc) is 2.86. The molecule has 1 aliphatic carbocycles. The largest absolute Gasteiger partial charge is 0.299 e. The van der Waals surface area contributed by atoms with Crippen LogP contribution in [-0.2, 0) is 11.2 Å². The predicted molar refractivity (Wildman–Crippen MR) is 73.0 cm³/mol. The van der Waals surface area contributed by atoms with Gasteiger partial charge in [0.15, 0.2) is 0 Å². The van der Waals surface area contributed by atoms with E-state index in [1.165, 1.54) is 32.1 Å². The second kappa shape index (κ2) is 6.93. The van der Waals surface area contributed by atoms with E-state index in [-0.39, 0.29) is 5.78 Å². The van der Waals surface area contributed by atoms with Gasteiger partial charge < -0.3 is 0 Å². The van der Waals surface area contributed by atoms with Gasteiger partial charge in [-0.2, -0.15) is 5.10 Å². The van der Waals surface area contributed by atoms with E-state index in [1.807, 2.05) is 12.3 Å². The van der Waals surface area contributed by atoms with Crippen LogP contribution < -0.4 is 0 Å². The molecular formula is C14H21ClN2O. The van der Waals surface area contributed by atoms with E-state index in [4.69, 9.17) is 11.6 Å². The van der Waals surface area contributed by atoms with Crippen molar-refractivity contribution in [2.75, 3.05) is 5.88 Å². The third-order valence-corrected chi connectivity index (χ3v) is 3.85. The highest BCUT2D eigenvalue weighted by atomic mass is 35.5. The van der Waals surface area contributed by atoms with Crippen molar-refractivity contribution in [3.63, 3.8) is 0 Å². The Morgan fingerprint density at radius 1 is 1.39 bits per heavy atom. The number of rotatable bonds is 6. The minimum absolute atomic E-state index is 0.240. The Kier molecular flexibility index (Phi) is 5.24. The maximum Gasteiger partial charge on any atom is 0.138 e. The second-order valence-corrected chi connectivity index (χ2v) is 5.46. The maximum atomic E-state index is 11.6. The van der Waals surface area contributed by atoms with Gasteiger partial charge in [-0.25, -0.2) is 0 Å². The summed E-state index contributed by atoms with van der Waals surface area (Å²) in [4.78, 5) is 11.6. The zero-order chi connectivity index (χ0) is 12.8. The second-order valence-electron chi connectivity index (χ2n) is 5.09. The van der Waals surface area contributed by atoms with Crippen molar-refractivity contribution in [2.45, 2.75) is 57.4 Å². The number of halogens is 1. The molecule has 0 spiro atoms. The van der Waals surface area contributed by atoms with Crippen LogP contribution in [-0.4, -0.2) is 21.4 Å². The number of alkyl halides is 1. The van der Waals surface area contributed by atoms with Crippen molar-refractivity contribution >= 4 is 17.4 Å². The lowest BCUT2D eigenvalue weighted by Gasteiger charge is -2.21. The number of carbonyl (C=O) groups excluding carboxylic acids is 1. The zero-order valence-electron chi connectivity index (χ0n) is 10.8. The van der Waals surface area contributed by atoms with E-state index in [1.54, 1.807) is 0 Å². The summed E-state index contributed by atoms with van der Waals surface area (Å²) in [5.74, 6) is 0.798. The molecule has 100 valence electrons. The van der Waals surface area contributed by atoms with Crippen molar-refractivity contribution < 1.29 is 4.79 Å². The Morgan fingerprint density at radius 3 is 2.89 bits per heavy atom. The molecule has 0 aromatic carbocycles. The van der Waals surface area contributed by atoms with Crippen molar-refractivity contribution in [1.82, 2.24) is 9.78 Å². The highest BCUT2D eigenvalue weighted by Crippen LogP contribution is 2.27. The molecule has 0 N–H and O–H groups in total. The van der Waals surface area contributed by atoms with E-state index in [9.17, 15) is 4.79 Å². The molecule has 1 aliphatic rings. The first kappa shape index (κ1) is 13.6. The molecule has 18 heavy (non-hydrogen) atoms. The molecule has 0 saturated heterocycles. The summed E-state index contributed by atoms with van der Waals surface area (Å²) in [6.45, 7) is 0. The lowest BCUT2D eigenvalue weighted by Crippen LogP contribution is -2.14. The highest BCUT2D eigenvalue weighted by Gasteiger charge is 2.16. The van der Waals surface area contributed by atoms with Gasteiger partial charge in [-0.05, 0) is 25.3 Å². The van der Waals surface area contributed by atoms with Gasteiger partial charge in [0.25, 0.3) is 0 Å². The summed E-state index contributed by atoms with van der Waals surface area (Å²) < 4.78 is 2.06. The lowest BCUT2D eigenvalue weighted by molar-refractivity contribution is -0.118. The molecule has 1 saturated carbocycles. The van der Waals surface area contributed by atoms with E-state index < -0.39 is 0 Å². The van der Waals surface area contributed by atoms with E-state index >= 15 is 0 Å². The Labute approximate surface area is 114 Å². The molecule has 1 heterocycles. The smallest absolute Gasteiger partial charge is 0.138 e. The van der Waals surface area contributed by atoms with E-state index in [2.05, 4.69) is 9.78 Å². The van der Waals surface area contributed by atoms with Crippen molar-refractivity contribution in [3.05, 3.63) is 18.0 Å². The molecule has 0 unspecified atom stereocenters. The molecule has 0 amide bonds. The highest BCUT2D eigenvalue weighted by molar-refractivity contribution is 6.17. The number of hydrogen-bond donors (Lipinski definition) is 0. The average molecular weight is 269 g/mol. The lowest BCUT2D eigenvalue weighted by atomic mass is 9.96. The van der Waals surface area contributed by atoms with Gasteiger partial charge in [-0.3, -0.25) is 9.48 Å². The minimum Gasteiger partial charge on any atom is -0.299 e. The number of aromatic nitrogens is 2. The predicted octanol–water partition coefficient (Wildman–Crippen LogP) is 3.52. The molecule has 1 aromatic heterocycles. The number of ketones is 1. The first-order chi connectivity index (χ1) is 8.79. The van der Waals surface area contributed by atoms with Gasteiger partial charge in [0.05, 0.1) is 18.2 Å². The quantitative estimate of drug-likeness (QED) is 0.740. The summed E-state index contributed by atoms with van der Waals surface area (Å²) in [5, 5.41) is 4.54. The first-order valence-electron chi connectivity index (χ1n) is 6.91. The van der Waals surface area contributed by atoms with E-state index in [0.29, 0.717) is 24.8 Å². The van der Waals surface area contributed by atoms with Crippen LogP contribution in [0.15, 0.2) is 12.3 Å². The van der Waals surface area contributed by atoms with Gasteiger partial charge in [0.2, 0.25) is 0 Å². The number of Topliss-reactive ketones (excluding diaryl/α,β-unsaturated/α-hetero) is 1. The van der Waals surface area contributed by atoms with Gasteiger partial charge in [0.1, 0.15) is 5.78 Å². The van der Waals surface area contributed by atoms with E-state index in [0.717, 1.165) is 12.1 Å². The normalized spacial score (nSPS) is 16.9. The van der Waals surface area contributed by atoms with Crippen LogP contribution in [0, 0.1) is 0 Å². The fourth-order valence-electron chi connectivity index (χ4n) is 2.57. The van der Waals surface area contributed by atoms with Crippen LogP contribution in [0.25, 0.3) is 0 Å². The minimum atomic E-state index is 0.240. The molecule has 1 fully saturated rings. The van der Waals surface area contributed by atoms with Crippen molar-refractivity contribution in [1.29, 1.82) is 0 Å². The topological polar surface area (TPSA) is 34.9 Å². The molecule has 0 radical (unpaired) electrons. The monoisotopic (exact) mass is 268 g/mol. The molecule has 0 bridgehead atoms. The Bertz CT molecular complexity index is 383. The standard InChI is InChI=1S/C14H21ClN2O/c15-9-4-7-14(18)11-12-8-10-17(16-12)13-5-2-1-3-6-13/h8,10,13H,1-7,9,11H2. The zero-order valence-corrected chi connectivity index (χ0v) is 11.5. The number of nitrogens with zero attached hydrogens (tertiary/aromatic N) is 2. The van der Waals surface area contributed by atoms with Crippen LogP contribution in [0.1, 0.15) is 56.7 Å². The number of hydrogen-bond acceptors (Lipinski definition) is 2. The van der Waals surface area contributed by atoms with Gasteiger partial charge in [0, 0.05) is 18.5 Å². The summed E-state index contributed by atoms with van der Waals surface area (Å²) in [6, 6.07) is 2.53. The van der Waals surface area contributed by atoms with Crippen molar-refractivity contribution in [2.24, 2.45) is 0 Å². The molecule has 3 nitrogen and oxygen atoms in total. The Hall–Kier alpha value is -0.830. The summed E-state index contributed by atoms with van der Waals surface area (Å²) in [5.41, 5.74) is 0.903. The van der Waals surface area contributed by atoms with Gasteiger partial charge in [-0.15, -0.1) is 11.6 Å². The molecule has 2 rings (SSSR count). The van der Waals surface area contributed by atoms with Gasteiger partial charge in [-0.1, -0.05) is 19.3 Å². The summed E-state index contributed by atoms with van der Waals surface area (Å²) in [6.07, 6.45) is 10.2. The van der Waals surface area contributed by atoms with Crippen molar-refractivity contribution in [3.8, 4) is 0 Å². The molecule has 0 aliphatic heterocycles. The summed E-state index contributed by atoms with van der Waals surface area (Å²) >= 11 is 5.58. The first-order valence-corrected chi connectivity index (χ1v) is 7.45. The van der Waals surface area contributed by atoms with Crippen LogP contribution in [0.4, 0.5) is 0 Å². The fourth-order valence-corrected chi connectivity index (χ4v) is 2.71. The van der Waals surface area contributed by atoms with Crippen LogP contribution in [0.2, 0.25) is 0 Å². The Balaban J connectivity index is 1.87. The maximum absolute atomic E-state index is 11.6. The third-order valence-electron chi connectivity index (χ3n) is 3.58. The molecule has 0 atom stereocenters. The fraction of sp³-hybridized carbons (Fsp3) is 0.714. The summed E-state index contributed by atoms with van der Waals surface area (Å²) in [7, 11) is 0. The third kappa shape index (κ3) is 3.84. The van der Waals surface area contributed by atoms with Crippen LogP contribution in [0.3, 0.4) is 0 Å². The number of carbonyl (C=O) groups is 1. The molecular weight excluding hydrogens is 248 g/mol. The molecule has 1 aromatic rings. The van der Waals surface area contributed by atoms with Gasteiger partial charge >= 0.3 is 0 Å². The molecule has 4 heteroatoms. The SMILES string of the molecule is O=C(CCCCl)Cc1ccn(C2CCCCC2)n1. The van der Waals surface area contributed by atoms with Crippen LogP contribution >= 0.6 is 11.6 Å². The van der Waals surface area contributed by atoms with Crippen LogP contribution in [0.5, 0.6) is 0 Å². The Morgan fingerprint density at radius 2 is 2.17 bits per heavy atom.